The molecule has 0 spiro atoms. The van der Waals surface area contributed by atoms with E-state index in [4.69, 9.17) is 11.0 Å². The summed E-state index contributed by atoms with van der Waals surface area (Å²) in [6.07, 6.45) is 2.19. The summed E-state index contributed by atoms with van der Waals surface area (Å²) in [5, 5.41) is 8.55. The third-order valence-electron chi connectivity index (χ3n) is 3.46. The topological polar surface area (TPSA) is 73.4 Å². The highest BCUT2D eigenvalue weighted by atomic mass is 16.2. The lowest BCUT2D eigenvalue weighted by atomic mass is 9.95. The monoisotopic (exact) mass is 252 g/mol. The summed E-state index contributed by atoms with van der Waals surface area (Å²) in [5.41, 5.74) is 5.34. The van der Waals surface area contributed by atoms with Crippen molar-refractivity contribution in [2.45, 2.75) is 38.6 Å². The Hall–Kier alpha value is -1.12. The molecule has 0 aromatic rings. The molecule has 2 N–H and O–H groups in total. The Labute approximate surface area is 110 Å². The minimum absolute atomic E-state index is 0.0595. The van der Waals surface area contributed by atoms with Crippen LogP contribution in [0.1, 0.15) is 33.1 Å². The molecule has 5 nitrogen and oxygen atoms in total. The molecule has 1 fully saturated rings. The van der Waals surface area contributed by atoms with Crippen LogP contribution in [0.5, 0.6) is 0 Å². The number of nitrogens with zero attached hydrogens (tertiary/aromatic N) is 3. The zero-order valence-corrected chi connectivity index (χ0v) is 11.5. The van der Waals surface area contributed by atoms with E-state index < -0.39 is 5.54 Å². The number of rotatable bonds is 5. The molecule has 1 rings (SSSR count). The molecule has 1 atom stereocenters. The van der Waals surface area contributed by atoms with E-state index in [1.165, 1.54) is 0 Å². The number of piperazine rings is 1. The fraction of sp³-hybridized carbons (Fsp3) is 0.846. The predicted octanol–water partition coefficient (Wildman–Crippen LogP) is 0.562. The van der Waals surface area contributed by atoms with Crippen LogP contribution in [-0.2, 0) is 4.79 Å². The summed E-state index contributed by atoms with van der Waals surface area (Å²) in [6.45, 7) is 7.79. The van der Waals surface area contributed by atoms with E-state index in [2.05, 4.69) is 11.0 Å². The van der Waals surface area contributed by atoms with E-state index in [1.54, 1.807) is 0 Å². The van der Waals surface area contributed by atoms with E-state index in [0.717, 1.165) is 45.6 Å². The maximum Gasteiger partial charge on any atom is 0.242 e. The standard InChI is InChI=1S/C13H24N4O/c1-3-5-13(2,15)12(18)17-10-8-16(9-11-17)7-4-6-14/h3-5,7-11,15H2,1-2H3. The first-order chi connectivity index (χ1) is 8.51. The molecule has 1 heterocycles. The highest BCUT2D eigenvalue weighted by molar-refractivity contribution is 5.85. The van der Waals surface area contributed by atoms with E-state index in [-0.39, 0.29) is 5.91 Å². The minimum atomic E-state index is -0.733. The predicted molar refractivity (Wildman–Crippen MR) is 70.8 cm³/mol. The van der Waals surface area contributed by atoms with Crippen molar-refractivity contribution in [3.63, 3.8) is 0 Å². The number of hydrogen-bond donors (Lipinski definition) is 1. The molecule has 5 heteroatoms. The molecule has 1 amide bonds. The van der Waals surface area contributed by atoms with Gasteiger partial charge in [-0.15, -0.1) is 0 Å². The second kappa shape index (κ2) is 6.72. The molecular formula is C13H24N4O. The summed E-state index contributed by atoms with van der Waals surface area (Å²) in [7, 11) is 0. The Kier molecular flexibility index (Phi) is 5.57. The normalized spacial score (nSPS) is 20.2. The molecular weight excluding hydrogens is 228 g/mol. The molecule has 102 valence electrons. The fourth-order valence-electron chi connectivity index (χ4n) is 2.37. The molecule has 18 heavy (non-hydrogen) atoms. The maximum absolute atomic E-state index is 12.3. The highest BCUT2D eigenvalue weighted by Crippen LogP contribution is 2.14. The Bertz CT molecular complexity index is 313. The van der Waals surface area contributed by atoms with Crippen molar-refractivity contribution >= 4 is 5.91 Å². The van der Waals surface area contributed by atoms with E-state index >= 15 is 0 Å². The SMILES string of the molecule is CCCC(C)(N)C(=O)N1CCN(CCC#N)CC1. The summed E-state index contributed by atoms with van der Waals surface area (Å²) in [6, 6.07) is 2.15. The second-order valence-electron chi connectivity index (χ2n) is 5.21. The number of nitriles is 1. The molecule has 1 aliphatic rings. The van der Waals surface area contributed by atoms with Crippen molar-refractivity contribution in [2.24, 2.45) is 5.73 Å². The average molecular weight is 252 g/mol. The van der Waals surface area contributed by atoms with Gasteiger partial charge in [0, 0.05) is 39.1 Å². The number of amides is 1. The second-order valence-corrected chi connectivity index (χ2v) is 5.21. The Balaban J connectivity index is 2.43. The van der Waals surface area contributed by atoms with Crippen LogP contribution in [0.4, 0.5) is 0 Å². The lowest BCUT2D eigenvalue weighted by molar-refractivity contribution is -0.138. The molecule has 0 radical (unpaired) electrons. The van der Waals surface area contributed by atoms with Gasteiger partial charge >= 0.3 is 0 Å². The summed E-state index contributed by atoms with van der Waals surface area (Å²) in [5.74, 6) is 0.0595. The highest BCUT2D eigenvalue weighted by Gasteiger charge is 2.33. The van der Waals surface area contributed by atoms with Crippen molar-refractivity contribution in [3.05, 3.63) is 0 Å². The lowest BCUT2D eigenvalue weighted by Crippen LogP contribution is -2.58. The van der Waals surface area contributed by atoms with Gasteiger partial charge in [-0.2, -0.15) is 5.26 Å². The van der Waals surface area contributed by atoms with Crippen molar-refractivity contribution in [1.82, 2.24) is 9.80 Å². The van der Waals surface area contributed by atoms with Gasteiger partial charge in [0.05, 0.1) is 11.6 Å². The van der Waals surface area contributed by atoms with Gasteiger partial charge in [-0.3, -0.25) is 9.69 Å². The van der Waals surface area contributed by atoms with Gasteiger partial charge in [0.15, 0.2) is 0 Å². The van der Waals surface area contributed by atoms with Crippen molar-refractivity contribution in [3.8, 4) is 6.07 Å². The van der Waals surface area contributed by atoms with E-state index in [1.807, 2.05) is 18.7 Å². The van der Waals surface area contributed by atoms with Crippen molar-refractivity contribution in [1.29, 1.82) is 5.26 Å². The molecule has 0 aromatic carbocycles. The molecule has 0 aromatic heterocycles. The maximum atomic E-state index is 12.3. The Morgan fingerprint density at radius 2 is 2.00 bits per heavy atom. The number of carbonyl (C=O) groups is 1. The molecule has 0 saturated carbocycles. The zero-order valence-electron chi connectivity index (χ0n) is 11.5. The van der Waals surface area contributed by atoms with Crippen LogP contribution in [0.25, 0.3) is 0 Å². The molecule has 1 unspecified atom stereocenters. The number of carbonyl (C=O) groups excluding carboxylic acids is 1. The molecule has 1 saturated heterocycles. The minimum Gasteiger partial charge on any atom is -0.339 e. The Morgan fingerprint density at radius 1 is 1.39 bits per heavy atom. The Morgan fingerprint density at radius 3 is 2.50 bits per heavy atom. The van der Waals surface area contributed by atoms with Crippen LogP contribution in [0.15, 0.2) is 0 Å². The fourth-order valence-corrected chi connectivity index (χ4v) is 2.37. The smallest absolute Gasteiger partial charge is 0.242 e. The van der Waals surface area contributed by atoms with Gasteiger partial charge < -0.3 is 10.6 Å². The van der Waals surface area contributed by atoms with Crippen LogP contribution in [0.2, 0.25) is 0 Å². The van der Waals surface area contributed by atoms with E-state index in [9.17, 15) is 4.79 Å². The zero-order chi connectivity index (χ0) is 13.6. The van der Waals surface area contributed by atoms with Gasteiger partial charge in [-0.25, -0.2) is 0 Å². The summed E-state index contributed by atoms with van der Waals surface area (Å²) >= 11 is 0. The third-order valence-corrected chi connectivity index (χ3v) is 3.46. The van der Waals surface area contributed by atoms with Gasteiger partial charge in [-0.1, -0.05) is 13.3 Å². The van der Waals surface area contributed by atoms with Crippen LogP contribution in [0, 0.1) is 11.3 Å². The van der Waals surface area contributed by atoms with Crippen LogP contribution in [-0.4, -0.2) is 54.0 Å². The molecule has 0 bridgehead atoms. The van der Waals surface area contributed by atoms with Crippen LogP contribution in [0.3, 0.4) is 0 Å². The third kappa shape index (κ3) is 3.97. The first-order valence-electron chi connectivity index (χ1n) is 6.69. The number of nitrogens with two attached hydrogens (primary N) is 1. The van der Waals surface area contributed by atoms with Crippen molar-refractivity contribution < 1.29 is 4.79 Å². The summed E-state index contributed by atoms with van der Waals surface area (Å²) in [4.78, 5) is 16.3. The first kappa shape index (κ1) is 14.9. The lowest BCUT2D eigenvalue weighted by Gasteiger charge is -2.38. The molecule has 0 aliphatic carbocycles. The van der Waals surface area contributed by atoms with Gasteiger partial charge in [0.25, 0.3) is 0 Å². The van der Waals surface area contributed by atoms with Crippen LogP contribution < -0.4 is 5.73 Å². The summed E-state index contributed by atoms with van der Waals surface area (Å²) < 4.78 is 0. The van der Waals surface area contributed by atoms with Gasteiger partial charge in [0.2, 0.25) is 5.91 Å². The quantitative estimate of drug-likeness (QED) is 0.776. The first-order valence-corrected chi connectivity index (χ1v) is 6.69. The number of hydrogen-bond acceptors (Lipinski definition) is 4. The van der Waals surface area contributed by atoms with Gasteiger partial charge in [0.1, 0.15) is 0 Å². The van der Waals surface area contributed by atoms with E-state index in [0.29, 0.717) is 6.42 Å². The van der Waals surface area contributed by atoms with Gasteiger partial charge in [-0.05, 0) is 13.3 Å². The molecule has 1 aliphatic heterocycles. The van der Waals surface area contributed by atoms with Crippen molar-refractivity contribution in [2.75, 3.05) is 32.7 Å². The average Bonchev–Trinajstić information content (AvgIpc) is 2.36. The largest absolute Gasteiger partial charge is 0.339 e. The van der Waals surface area contributed by atoms with Crippen LogP contribution >= 0.6 is 0 Å².